The monoisotopic (exact) mass is 226 g/mol. The molecule has 1 saturated carbocycles. The number of amides is 2. The number of nitrogens with one attached hydrogen (secondary N) is 1. The maximum absolute atomic E-state index is 11.9. The van der Waals surface area contributed by atoms with Gasteiger partial charge in [0.1, 0.15) is 11.3 Å². The number of hydrogen-bond acceptors (Lipinski definition) is 3. The Bertz CT molecular complexity index is 343. The largest absolute Gasteiger partial charge is 0.465 e. The van der Waals surface area contributed by atoms with Crippen LogP contribution in [0.2, 0.25) is 0 Å². The zero-order valence-electron chi connectivity index (χ0n) is 8.86. The highest BCUT2D eigenvalue weighted by molar-refractivity contribution is 5.93. The fraction of sp³-hybridized carbons (Fsp3) is 0.700. The summed E-state index contributed by atoms with van der Waals surface area (Å²) in [7, 11) is 0. The van der Waals surface area contributed by atoms with Gasteiger partial charge in [-0.15, -0.1) is 0 Å². The van der Waals surface area contributed by atoms with E-state index in [9.17, 15) is 14.4 Å². The van der Waals surface area contributed by atoms with E-state index in [1.165, 1.54) is 4.90 Å². The Labute approximate surface area is 92.6 Å². The molecule has 16 heavy (non-hydrogen) atoms. The zero-order chi connectivity index (χ0) is 11.8. The van der Waals surface area contributed by atoms with E-state index in [1.54, 1.807) is 0 Å². The van der Waals surface area contributed by atoms with Crippen molar-refractivity contribution >= 4 is 17.8 Å². The lowest BCUT2D eigenvalue weighted by Gasteiger charge is -2.46. The van der Waals surface area contributed by atoms with Crippen molar-refractivity contribution in [3.05, 3.63) is 0 Å². The average Bonchev–Trinajstić information content (AvgIpc) is 2.25. The average molecular weight is 226 g/mol. The standard InChI is InChI=1S/C10H14N2O4/c13-7-1-3-10(4-2-7)8(14)11-5-6-12(10)9(15)16/h1-6H2,(H,11,14)(H,15,16). The van der Waals surface area contributed by atoms with Gasteiger partial charge in [-0.2, -0.15) is 0 Å². The van der Waals surface area contributed by atoms with Gasteiger partial charge < -0.3 is 10.4 Å². The van der Waals surface area contributed by atoms with Gasteiger partial charge in [-0.25, -0.2) is 4.79 Å². The van der Waals surface area contributed by atoms with Crippen LogP contribution in [0.15, 0.2) is 0 Å². The van der Waals surface area contributed by atoms with Gasteiger partial charge >= 0.3 is 6.09 Å². The van der Waals surface area contributed by atoms with Crippen LogP contribution < -0.4 is 5.32 Å². The minimum atomic E-state index is -1.08. The summed E-state index contributed by atoms with van der Waals surface area (Å²) in [5.74, 6) is -0.150. The Morgan fingerprint density at radius 1 is 1.31 bits per heavy atom. The highest BCUT2D eigenvalue weighted by Gasteiger charge is 2.50. The maximum Gasteiger partial charge on any atom is 0.408 e. The van der Waals surface area contributed by atoms with Crippen LogP contribution in [0, 0.1) is 0 Å². The molecule has 6 heteroatoms. The van der Waals surface area contributed by atoms with E-state index in [-0.39, 0.29) is 24.5 Å². The number of ketones is 1. The van der Waals surface area contributed by atoms with E-state index in [1.807, 2.05) is 0 Å². The molecule has 0 aromatic rings. The molecule has 2 amide bonds. The summed E-state index contributed by atoms with van der Waals surface area (Å²) in [6.07, 6.45) is 0.117. The smallest absolute Gasteiger partial charge is 0.408 e. The number of piperazine rings is 1. The van der Waals surface area contributed by atoms with E-state index >= 15 is 0 Å². The van der Waals surface area contributed by atoms with Crippen LogP contribution in [0.4, 0.5) is 4.79 Å². The van der Waals surface area contributed by atoms with Crippen LogP contribution in [0.3, 0.4) is 0 Å². The normalized spacial score (nSPS) is 24.4. The topological polar surface area (TPSA) is 86.7 Å². The number of carboxylic acid groups (broad SMARTS) is 1. The van der Waals surface area contributed by atoms with Gasteiger partial charge in [0.05, 0.1) is 0 Å². The lowest BCUT2D eigenvalue weighted by atomic mass is 9.78. The predicted octanol–water partition coefficient (Wildman–Crippen LogP) is -0.0219. The molecule has 2 rings (SSSR count). The molecule has 0 aromatic carbocycles. The zero-order valence-corrected chi connectivity index (χ0v) is 8.86. The predicted molar refractivity (Wildman–Crippen MR) is 53.9 cm³/mol. The molecule has 0 bridgehead atoms. The molecule has 2 N–H and O–H groups in total. The van der Waals surface area contributed by atoms with Gasteiger partial charge in [-0.05, 0) is 12.8 Å². The van der Waals surface area contributed by atoms with Gasteiger partial charge in [0.25, 0.3) is 0 Å². The molecule has 6 nitrogen and oxygen atoms in total. The highest BCUT2D eigenvalue weighted by atomic mass is 16.4. The second kappa shape index (κ2) is 3.77. The fourth-order valence-electron chi connectivity index (χ4n) is 2.50. The van der Waals surface area contributed by atoms with Crippen LogP contribution in [0.5, 0.6) is 0 Å². The minimum absolute atomic E-state index is 0.106. The Kier molecular flexibility index (Phi) is 2.57. The quantitative estimate of drug-likeness (QED) is 0.607. The van der Waals surface area contributed by atoms with Crippen molar-refractivity contribution in [1.29, 1.82) is 0 Å². The first-order valence-corrected chi connectivity index (χ1v) is 5.37. The number of carbonyl (C=O) groups is 3. The third-order valence-corrected chi connectivity index (χ3v) is 3.43. The molecule has 1 aliphatic heterocycles. The summed E-state index contributed by atoms with van der Waals surface area (Å²) in [4.78, 5) is 35.3. The van der Waals surface area contributed by atoms with E-state index in [0.29, 0.717) is 25.9 Å². The van der Waals surface area contributed by atoms with Crippen molar-refractivity contribution in [1.82, 2.24) is 10.2 Å². The van der Waals surface area contributed by atoms with Crippen molar-refractivity contribution < 1.29 is 19.5 Å². The van der Waals surface area contributed by atoms with Crippen LogP contribution in [-0.4, -0.2) is 46.4 Å². The minimum Gasteiger partial charge on any atom is -0.465 e. The van der Waals surface area contributed by atoms with Crippen molar-refractivity contribution in [2.24, 2.45) is 0 Å². The first-order valence-electron chi connectivity index (χ1n) is 5.37. The molecular weight excluding hydrogens is 212 g/mol. The Hall–Kier alpha value is -1.59. The molecule has 0 aromatic heterocycles. The molecule has 1 aliphatic carbocycles. The fourth-order valence-corrected chi connectivity index (χ4v) is 2.50. The van der Waals surface area contributed by atoms with Crippen LogP contribution in [-0.2, 0) is 9.59 Å². The van der Waals surface area contributed by atoms with E-state index in [4.69, 9.17) is 5.11 Å². The van der Waals surface area contributed by atoms with Crippen molar-refractivity contribution in [2.75, 3.05) is 13.1 Å². The van der Waals surface area contributed by atoms with Gasteiger partial charge in [0.15, 0.2) is 0 Å². The van der Waals surface area contributed by atoms with Gasteiger partial charge in [-0.1, -0.05) is 0 Å². The van der Waals surface area contributed by atoms with Crippen molar-refractivity contribution in [3.63, 3.8) is 0 Å². The number of Topliss-reactive ketones (excluding diaryl/α,β-unsaturated/α-hetero) is 1. The molecule has 1 heterocycles. The number of nitrogens with zero attached hydrogens (tertiary/aromatic N) is 1. The van der Waals surface area contributed by atoms with E-state index in [2.05, 4.69) is 5.32 Å². The molecule has 1 spiro atoms. The Morgan fingerprint density at radius 2 is 1.94 bits per heavy atom. The first kappa shape index (κ1) is 10.9. The third-order valence-electron chi connectivity index (χ3n) is 3.43. The first-order chi connectivity index (χ1) is 7.56. The number of carbonyl (C=O) groups excluding carboxylic acids is 2. The van der Waals surface area contributed by atoms with Crippen LogP contribution >= 0.6 is 0 Å². The van der Waals surface area contributed by atoms with Gasteiger partial charge in [0, 0.05) is 25.9 Å². The molecule has 0 unspecified atom stereocenters. The van der Waals surface area contributed by atoms with Crippen molar-refractivity contribution in [3.8, 4) is 0 Å². The Balaban J connectivity index is 2.28. The molecular formula is C10H14N2O4. The summed E-state index contributed by atoms with van der Waals surface area (Å²) >= 11 is 0. The van der Waals surface area contributed by atoms with Crippen molar-refractivity contribution in [2.45, 2.75) is 31.2 Å². The summed E-state index contributed by atoms with van der Waals surface area (Å²) < 4.78 is 0. The summed E-state index contributed by atoms with van der Waals surface area (Å²) in [5.41, 5.74) is -1.00. The van der Waals surface area contributed by atoms with E-state index < -0.39 is 11.6 Å². The number of hydrogen-bond donors (Lipinski definition) is 2. The molecule has 0 atom stereocenters. The van der Waals surface area contributed by atoms with Gasteiger partial charge in [-0.3, -0.25) is 14.5 Å². The molecule has 1 saturated heterocycles. The van der Waals surface area contributed by atoms with Crippen LogP contribution in [0.1, 0.15) is 25.7 Å². The lowest BCUT2D eigenvalue weighted by molar-refractivity contribution is -0.140. The summed E-state index contributed by atoms with van der Waals surface area (Å²) in [6, 6.07) is 0. The molecule has 88 valence electrons. The molecule has 0 radical (unpaired) electrons. The Morgan fingerprint density at radius 3 is 2.50 bits per heavy atom. The van der Waals surface area contributed by atoms with E-state index in [0.717, 1.165) is 0 Å². The summed E-state index contributed by atoms with van der Waals surface area (Å²) in [6.45, 7) is 0.649. The summed E-state index contributed by atoms with van der Waals surface area (Å²) in [5, 5.41) is 11.8. The molecule has 2 aliphatic rings. The lowest BCUT2D eigenvalue weighted by Crippen LogP contribution is -2.67. The second-order valence-electron chi connectivity index (χ2n) is 4.26. The SMILES string of the molecule is O=C1CCC2(CC1)C(=O)NCCN2C(=O)O. The maximum atomic E-state index is 11.9. The molecule has 2 fully saturated rings. The van der Waals surface area contributed by atoms with Gasteiger partial charge in [0.2, 0.25) is 5.91 Å². The highest BCUT2D eigenvalue weighted by Crippen LogP contribution is 2.34. The second-order valence-corrected chi connectivity index (χ2v) is 4.26. The van der Waals surface area contributed by atoms with Crippen LogP contribution in [0.25, 0.3) is 0 Å². The number of rotatable bonds is 0. The third kappa shape index (κ3) is 1.54.